The summed E-state index contributed by atoms with van der Waals surface area (Å²) in [7, 11) is 1.78. The first kappa shape index (κ1) is 8.18. The van der Waals surface area contributed by atoms with Gasteiger partial charge in [-0.2, -0.15) is 0 Å². The molecule has 0 aromatic carbocycles. The zero-order valence-corrected chi connectivity index (χ0v) is 7.32. The summed E-state index contributed by atoms with van der Waals surface area (Å²) >= 11 is 0. The number of hydrogen-bond acceptors (Lipinski definition) is 4. The molecule has 1 atom stereocenters. The summed E-state index contributed by atoms with van der Waals surface area (Å²) in [6, 6.07) is -0.345. The molecule has 0 radical (unpaired) electrons. The Balaban J connectivity index is 2.19. The van der Waals surface area contributed by atoms with E-state index >= 15 is 0 Å². The van der Waals surface area contributed by atoms with Crippen LogP contribution in [0.2, 0.25) is 0 Å². The van der Waals surface area contributed by atoms with Crippen LogP contribution in [0, 0.1) is 0 Å². The second-order valence-electron chi connectivity index (χ2n) is 3.00. The van der Waals surface area contributed by atoms with Crippen LogP contribution in [0.4, 0.5) is 0 Å². The Morgan fingerprint density at radius 1 is 1.62 bits per heavy atom. The Bertz CT molecular complexity index is 320. The second-order valence-corrected chi connectivity index (χ2v) is 3.00. The minimum absolute atomic E-state index is 0.0354. The fourth-order valence-corrected chi connectivity index (χ4v) is 1.33. The second kappa shape index (κ2) is 3.14. The summed E-state index contributed by atoms with van der Waals surface area (Å²) in [5.41, 5.74) is 0.666. The molecule has 1 aromatic heterocycles. The predicted octanol–water partition coefficient (Wildman–Crippen LogP) is -1.42. The van der Waals surface area contributed by atoms with E-state index in [0.29, 0.717) is 12.2 Å². The van der Waals surface area contributed by atoms with Gasteiger partial charge in [0, 0.05) is 20.1 Å². The van der Waals surface area contributed by atoms with E-state index in [-0.39, 0.29) is 11.9 Å². The van der Waals surface area contributed by atoms with E-state index < -0.39 is 0 Å². The number of rotatable bonds is 1. The number of hydrogen-bond donors (Lipinski definition) is 2. The molecule has 1 unspecified atom stereocenters. The Morgan fingerprint density at radius 2 is 2.46 bits per heavy atom. The van der Waals surface area contributed by atoms with E-state index in [1.165, 1.54) is 0 Å². The highest BCUT2D eigenvalue weighted by atomic mass is 16.2. The normalized spacial score (nSPS) is 22.8. The van der Waals surface area contributed by atoms with Gasteiger partial charge in [-0.3, -0.25) is 14.8 Å². The highest BCUT2D eigenvalue weighted by Gasteiger charge is 2.25. The fourth-order valence-electron chi connectivity index (χ4n) is 1.33. The van der Waals surface area contributed by atoms with Crippen molar-refractivity contribution in [3.05, 3.63) is 11.9 Å². The molecule has 1 amide bonds. The SMILES string of the molecule is Cn1cc(C2NCCNC2=O)nn1. The van der Waals surface area contributed by atoms with Crippen LogP contribution in [-0.2, 0) is 11.8 Å². The number of nitrogens with zero attached hydrogens (tertiary/aromatic N) is 3. The lowest BCUT2D eigenvalue weighted by Gasteiger charge is -2.21. The number of nitrogens with one attached hydrogen (secondary N) is 2. The Labute approximate surface area is 75.3 Å². The third-order valence-electron chi connectivity index (χ3n) is 1.95. The van der Waals surface area contributed by atoms with Crippen LogP contribution in [0.15, 0.2) is 6.20 Å². The number of aromatic nitrogens is 3. The van der Waals surface area contributed by atoms with E-state index in [9.17, 15) is 4.79 Å². The highest BCUT2D eigenvalue weighted by molar-refractivity contribution is 5.83. The van der Waals surface area contributed by atoms with Crippen molar-refractivity contribution >= 4 is 5.91 Å². The van der Waals surface area contributed by atoms with Crippen molar-refractivity contribution in [2.75, 3.05) is 13.1 Å². The summed E-state index contributed by atoms with van der Waals surface area (Å²) in [5, 5.41) is 13.5. The highest BCUT2D eigenvalue weighted by Crippen LogP contribution is 2.10. The average Bonchev–Trinajstić information content (AvgIpc) is 2.53. The van der Waals surface area contributed by atoms with E-state index in [2.05, 4.69) is 20.9 Å². The molecule has 70 valence electrons. The van der Waals surface area contributed by atoms with Crippen molar-refractivity contribution in [2.24, 2.45) is 7.05 Å². The van der Waals surface area contributed by atoms with Crippen LogP contribution in [0.5, 0.6) is 0 Å². The standard InChI is InChI=1S/C7H11N5O/c1-12-4-5(10-11-12)6-7(13)9-3-2-8-6/h4,6,8H,2-3H2,1H3,(H,9,13). The monoisotopic (exact) mass is 181 g/mol. The maximum absolute atomic E-state index is 11.4. The molecule has 2 heterocycles. The summed E-state index contributed by atoms with van der Waals surface area (Å²) in [4.78, 5) is 11.4. The summed E-state index contributed by atoms with van der Waals surface area (Å²) < 4.78 is 1.58. The van der Waals surface area contributed by atoms with Gasteiger partial charge in [-0.15, -0.1) is 5.10 Å². The van der Waals surface area contributed by atoms with Gasteiger partial charge in [0.15, 0.2) is 0 Å². The van der Waals surface area contributed by atoms with Crippen molar-refractivity contribution in [3.63, 3.8) is 0 Å². The lowest BCUT2D eigenvalue weighted by Crippen LogP contribution is -2.47. The molecular formula is C7H11N5O. The Hall–Kier alpha value is -1.43. The topological polar surface area (TPSA) is 71.8 Å². The van der Waals surface area contributed by atoms with Gasteiger partial charge in [-0.1, -0.05) is 5.21 Å². The third-order valence-corrected chi connectivity index (χ3v) is 1.95. The molecule has 0 aliphatic carbocycles. The molecule has 1 aliphatic heterocycles. The molecule has 1 aliphatic rings. The lowest BCUT2D eigenvalue weighted by atomic mass is 10.2. The molecule has 2 rings (SSSR count). The Morgan fingerprint density at radius 3 is 3.08 bits per heavy atom. The molecule has 1 fully saturated rings. The van der Waals surface area contributed by atoms with E-state index in [1.807, 2.05) is 0 Å². The lowest BCUT2D eigenvalue weighted by molar-refractivity contribution is -0.124. The van der Waals surface area contributed by atoms with Gasteiger partial charge in [-0.05, 0) is 0 Å². The van der Waals surface area contributed by atoms with Crippen molar-refractivity contribution in [3.8, 4) is 0 Å². The van der Waals surface area contributed by atoms with Crippen molar-refractivity contribution in [1.82, 2.24) is 25.6 Å². The first-order chi connectivity index (χ1) is 6.27. The molecule has 0 spiro atoms. The van der Waals surface area contributed by atoms with Crippen molar-refractivity contribution < 1.29 is 4.79 Å². The van der Waals surface area contributed by atoms with Crippen LogP contribution in [0.1, 0.15) is 11.7 Å². The fraction of sp³-hybridized carbons (Fsp3) is 0.571. The van der Waals surface area contributed by atoms with Crippen LogP contribution in [0.3, 0.4) is 0 Å². The number of aryl methyl sites for hydroxylation is 1. The first-order valence-corrected chi connectivity index (χ1v) is 4.14. The zero-order chi connectivity index (χ0) is 9.26. The molecule has 0 bridgehead atoms. The van der Waals surface area contributed by atoms with Crippen molar-refractivity contribution in [1.29, 1.82) is 0 Å². The zero-order valence-electron chi connectivity index (χ0n) is 7.32. The maximum Gasteiger partial charge on any atom is 0.243 e. The van der Waals surface area contributed by atoms with Crippen LogP contribution < -0.4 is 10.6 Å². The van der Waals surface area contributed by atoms with Gasteiger partial charge in [0.25, 0.3) is 0 Å². The van der Waals surface area contributed by atoms with Gasteiger partial charge in [0.05, 0.1) is 6.20 Å². The largest absolute Gasteiger partial charge is 0.353 e. The minimum Gasteiger partial charge on any atom is -0.353 e. The van der Waals surface area contributed by atoms with Gasteiger partial charge in [0.1, 0.15) is 11.7 Å². The molecule has 1 aromatic rings. The number of piperazine rings is 1. The average molecular weight is 181 g/mol. The minimum atomic E-state index is -0.345. The van der Waals surface area contributed by atoms with E-state index in [0.717, 1.165) is 6.54 Å². The smallest absolute Gasteiger partial charge is 0.243 e. The van der Waals surface area contributed by atoms with Gasteiger partial charge in [-0.25, -0.2) is 0 Å². The van der Waals surface area contributed by atoms with Gasteiger partial charge >= 0.3 is 0 Å². The summed E-state index contributed by atoms with van der Waals surface area (Å²) in [6.45, 7) is 1.45. The van der Waals surface area contributed by atoms with E-state index in [1.54, 1.807) is 17.9 Å². The number of carbonyl (C=O) groups excluding carboxylic acids is 1. The molecule has 6 heteroatoms. The van der Waals surface area contributed by atoms with Crippen LogP contribution >= 0.6 is 0 Å². The molecular weight excluding hydrogens is 170 g/mol. The quantitative estimate of drug-likeness (QED) is 0.557. The molecule has 13 heavy (non-hydrogen) atoms. The number of amides is 1. The van der Waals surface area contributed by atoms with Gasteiger partial charge in [0.2, 0.25) is 5.91 Å². The Kier molecular flexibility index (Phi) is 1.97. The van der Waals surface area contributed by atoms with E-state index in [4.69, 9.17) is 0 Å². The molecule has 0 saturated carbocycles. The summed E-state index contributed by atoms with van der Waals surface area (Å²) in [5.74, 6) is -0.0354. The molecule has 1 saturated heterocycles. The maximum atomic E-state index is 11.4. The number of carbonyl (C=O) groups is 1. The van der Waals surface area contributed by atoms with Crippen LogP contribution in [0.25, 0.3) is 0 Å². The third kappa shape index (κ3) is 1.52. The molecule has 2 N–H and O–H groups in total. The molecule has 6 nitrogen and oxygen atoms in total. The first-order valence-electron chi connectivity index (χ1n) is 4.14. The summed E-state index contributed by atoms with van der Waals surface area (Å²) in [6.07, 6.45) is 1.74. The van der Waals surface area contributed by atoms with Crippen molar-refractivity contribution in [2.45, 2.75) is 6.04 Å². The van der Waals surface area contributed by atoms with Gasteiger partial charge < -0.3 is 5.32 Å². The predicted molar refractivity (Wildman–Crippen MR) is 44.8 cm³/mol. The van der Waals surface area contributed by atoms with Crippen LogP contribution in [-0.4, -0.2) is 34.0 Å².